The number of nitrogens with one attached hydrogen (secondary N) is 2. The van der Waals surface area contributed by atoms with E-state index in [4.69, 9.17) is 11.6 Å². The number of hydrogen-bond acceptors (Lipinski definition) is 4. The Bertz CT molecular complexity index is 1160. The van der Waals surface area contributed by atoms with E-state index in [1.807, 2.05) is 60.9 Å². The highest BCUT2D eigenvalue weighted by atomic mass is 35.5. The molecule has 8 heteroatoms. The van der Waals surface area contributed by atoms with E-state index in [1.165, 1.54) is 0 Å². The number of unbranched alkanes of at least 4 members (excludes halogenated alkanes) is 1. The molecule has 1 unspecified atom stereocenters. The van der Waals surface area contributed by atoms with Gasteiger partial charge in [0.1, 0.15) is 11.9 Å². The molecule has 0 aliphatic rings. The Kier molecular flexibility index (Phi) is 10.7. The molecule has 0 radical (unpaired) electrons. The van der Waals surface area contributed by atoms with Gasteiger partial charge in [-0.25, -0.2) is 4.98 Å². The average Bonchev–Trinajstić information content (AvgIpc) is 3.22. The van der Waals surface area contributed by atoms with Crippen molar-refractivity contribution in [3.8, 4) is 0 Å². The lowest BCUT2D eigenvalue weighted by Crippen LogP contribution is -2.50. The molecule has 1 heterocycles. The van der Waals surface area contributed by atoms with Gasteiger partial charge in [-0.3, -0.25) is 9.59 Å². The Morgan fingerprint density at radius 2 is 1.76 bits per heavy atom. The van der Waals surface area contributed by atoms with Gasteiger partial charge in [0, 0.05) is 25.1 Å². The minimum absolute atomic E-state index is 0.0246. The Hall–Kier alpha value is -3.16. The number of imidazole rings is 1. The quantitative estimate of drug-likeness (QED) is 0.297. The van der Waals surface area contributed by atoms with Crippen molar-refractivity contribution in [2.75, 3.05) is 0 Å². The monoisotopic (exact) mass is 524 g/mol. The van der Waals surface area contributed by atoms with Crippen LogP contribution >= 0.6 is 11.6 Å². The Morgan fingerprint density at radius 1 is 1.05 bits per heavy atom. The summed E-state index contributed by atoms with van der Waals surface area (Å²) in [6.45, 7) is 6.79. The number of aromatic nitrogens is 2. The molecule has 2 amide bonds. The van der Waals surface area contributed by atoms with Crippen LogP contribution in [0.1, 0.15) is 73.0 Å². The van der Waals surface area contributed by atoms with Gasteiger partial charge < -0.3 is 20.3 Å². The summed E-state index contributed by atoms with van der Waals surface area (Å²) in [5.74, 6) is 0.326. The summed E-state index contributed by atoms with van der Waals surface area (Å²) < 4.78 is 1.95. The minimum Gasteiger partial charge on any atom is -0.390 e. The molecule has 7 nitrogen and oxygen atoms in total. The highest BCUT2D eigenvalue weighted by Crippen LogP contribution is 2.21. The summed E-state index contributed by atoms with van der Waals surface area (Å²) in [5, 5.41) is 16.0. The molecule has 37 heavy (non-hydrogen) atoms. The summed E-state index contributed by atoms with van der Waals surface area (Å²) in [7, 11) is 0. The van der Waals surface area contributed by atoms with Crippen molar-refractivity contribution in [1.82, 2.24) is 20.2 Å². The van der Waals surface area contributed by atoms with Gasteiger partial charge in [0.2, 0.25) is 5.91 Å². The van der Waals surface area contributed by atoms with Gasteiger partial charge >= 0.3 is 0 Å². The maximum Gasteiger partial charge on any atom is 0.251 e. The summed E-state index contributed by atoms with van der Waals surface area (Å²) in [6, 6.07) is 16.3. The van der Waals surface area contributed by atoms with Crippen molar-refractivity contribution in [3.63, 3.8) is 0 Å². The molecule has 0 aliphatic heterocycles. The summed E-state index contributed by atoms with van der Waals surface area (Å²) in [4.78, 5) is 30.4. The summed E-state index contributed by atoms with van der Waals surface area (Å²) in [6.07, 6.45) is 3.54. The maximum absolute atomic E-state index is 13.0. The van der Waals surface area contributed by atoms with Crippen molar-refractivity contribution in [1.29, 1.82) is 0 Å². The van der Waals surface area contributed by atoms with E-state index in [-0.39, 0.29) is 24.3 Å². The summed E-state index contributed by atoms with van der Waals surface area (Å²) in [5.41, 5.74) is 3.02. The number of carbonyl (C=O) groups is 2. The molecule has 2 aromatic carbocycles. The van der Waals surface area contributed by atoms with Crippen LogP contribution in [0.15, 0.2) is 54.6 Å². The van der Waals surface area contributed by atoms with Gasteiger partial charge in [-0.15, -0.1) is 0 Å². The van der Waals surface area contributed by atoms with Gasteiger partial charge in [0.15, 0.2) is 5.15 Å². The Labute approximate surface area is 224 Å². The van der Waals surface area contributed by atoms with Gasteiger partial charge in [0.05, 0.1) is 12.3 Å². The van der Waals surface area contributed by atoms with E-state index in [2.05, 4.69) is 22.5 Å². The van der Waals surface area contributed by atoms with Crippen LogP contribution in [0.2, 0.25) is 5.15 Å². The molecular formula is C29H37ClN4O3. The maximum atomic E-state index is 13.0. The lowest BCUT2D eigenvalue weighted by Gasteiger charge is -2.23. The highest BCUT2D eigenvalue weighted by Gasteiger charge is 2.26. The number of rotatable bonds is 13. The van der Waals surface area contributed by atoms with Crippen molar-refractivity contribution in [3.05, 3.63) is 88.0 Å². The molecule has 1 aromatic heterocycles. The first kappa shape index (κ1) is 28.4. The molecule has 198 valence electrons. The second-order valence-corrected chi connectivity index (χ2v) is 9.71. The number of amides is 2. The number of benzene rings is 2. The van der Waals surface area contributed by atoms with Crippen LogP contribution in [0.5, 0.6) is 0 Å². The number of hydrogen-bond donors (Lipinski definition) is 3. The predicted molar refractivity (Wildman–Crippen MR) is 146 cm³/mol. The number of aliphatic hydroxyl groups excluding tert-OH is 1. The number of carbonyl (C=O) groups excluding carboxylic acids is 2. The van der Waals surface area contributed by atoms with Crippen LogP contribution in [0.3, 0.4) is 0 Å². The van der Waals surface area contributed by atoms with Gasteiger partial charge in [-0.05, 0) is 35.6 Å². The van der Waals surface area contributed by atoms with Crippen LogP contribution < -0.4 is 10.6 Å². The first-order chi connectivity index (χ1) is 17.9. The fourth-order valence-electron chi connectivity index (χ4n) is 4.13. The normalized spacial score (nSPS) is 12.7. The van der Waals surface area contributed by atoms with Crippen LogP contribution in [0.4, 0.5) is 0 Å². The molecule has 0 saturated heterocycles. The fourth-order valence-corrected chi connectivity index (χ4v) is 4.39. The predicted octanol–water partition coefficient (Wildman–Crippen LogP) is 4.88. The van der Waals surface area contributed by atoms with Crippen molar-refractivity contribution in [2.45, 2.75) is 72.2 Å². The van der Waals surface area contributed by atoms with Crippen LogP contribution in [-0.4, -0.2) is 32.5 Å². The number of halogens is 1. The molecule has 0 aliphatic carbocycles. The second-order valence-electron chi connectivity index (χ2n) is 9.35. The first-order valence-corrected chi connectivity index (χ1v) is 13.3. The van der Waals surface area contributed by atoms with Crippen molar-refractivity contribution < 1.29 is 14.7 Å². The second kappa shape index (κ2) is 14.0. The lowest BCUT2D eigenvalue weighted by molar-refractivity contribution is -0.124. The van der Waals surface area contributed by atoms with Crippen molar-refractivity contribution in [2.24, 2.45) is 5.92 Å². The van der Waals surface area contributed by atoms with E-state index >= 15 is 0 Å². The highest BCUT2D eigenvalue weighted by molar-refractivity contribution is 6.30. The lowest BCUT2D eigenvalue weighted by atomic mass is 9.97. The van der Waals surface area contributed by atoms with Crippen LogP contribution in [-0.2, 0) is 30.9 Å². The van der Waals surface area contributed by atoms with E-state index in [0.717, 1.165) is 42.6 Å². The van der Waals surface area contributed by atoms with E-state index < -0.39 is 6.04 Å². The van der Waals surface area contributed by atoms with E-state index in [0.29, 0.717) is 29.5 Å². The molecule has 3 N–H and O–H groups in total. The van der Waals surface area contributed by atoms with E-state index in [1.54, 1.807) is 12.1 Å². The van der Waals surface area contributed by atoms with E-state index in [9.17, 15) is 14.7 Å². The third kappa shape index (κ3) is 7.66. The molecule has 0 spiro atoms. The Balaban J connectivity index is 1.68. The standard InChI is InChI=1S/C29H37ClN4O3/c1-4-6-12-25-32-27(30)24(19-35)34(25)18-22-13-15-23(16-14-22)28(36)33-26(20(3)5-2)29(37)31-17-21-10-8-7-9-11-21/h7-11,13-16,20,26,35H,4-6,12,17-19H2,1-3H3,(H,31,37)(H,33,36)/t20?,26-/m0/s1. The van der Waals surface area contributed by atoms with Gasteiger partial charge in [-0.2, -0.15) is 0 Å². The molecular weight excluding hydrogens is 488 g/mol. The fraction of sp³-hybridized carbons (Fsp3) is 0.414. The number of nitrogens with zero attached hydrogens (tertiary/aromatic N) is 2. The third-order valence-electron chi connectivity index (χ3n) is 6.65. The van der Waals surface area contributed by atoms with Crippen LogP contribution in [0, 0.1) is 5.92 Å². The molecule has 0 fully saturated rings. The smallest absolute Gasteiger partial charge is 0.251 e. The topological polar surface area (TPSA) is 96.2 Å². The largest absolute Gasteiger partial charge is 0.390 e. The molecule has 3 rings (SSSR count). The van der Waals surface area contributed by atoms with Crippen molar-refractivity contribution >= 4 is 23.4 Å². The molecule has 3 aromatic rings. The molecule has 0 bridgehead atoms. The SMILES string of the molecule is CCCCc1nc(Cl)c(CO)n1Cc1ccc(C(=O)N[C@H](C(=O)NCc2ccccc2)C(C)CC)cc1. The van der Waals surface area contributed by atoms with Crippen LogP contribution in [0.25, 0.3) is 0 Å². The molecule has 0 saturated carbocycles. The zero-order valence-corrected chi connectivity index (χ0v) is 22.6. The Morgan fingerprint density at radius 3 is 2.38 bits per heavy atom. The molecule has 2 atom stereocenters. The summed E-state index contributed by atoms with van der Waals surface area (Å²) >= 11 is 6.25. The average molecular weight is 525 g/mol. The number of aryl methyl sites for hydroxylation is 1. The minimum atomic E-state index is -0.637. The van der Waals surface area contributed by atoms with Gasteiger partial charge in [0.25, 0.3) is 5.91 Å². The third-order valence-corrected chi connectivity index (χ3v) is 6.96. The number of aliphatic hydroxyl groups is 1. The zero-order chi connectivity index (χ0) is 26.8. The zero-order valence-electron chi connectivity index (χ0n) is 21.8. The first-order valence-electron chi connectivity index (χ1n) is 12.9. The van der Waals surface area contributed by atoms with Gasteiger partial charge in [-0.1, -0.05) is 87.7 Å².